The van der Waals surface area contributed by atoms with Crippen molar-refractivity contribution in [3.63, 3.8) is 0 Å². The molecule has 0 aromatic carbocycles. The molecule has 3 saturated carbocycles. The highest BCUT2D eigenvalue weighted by Crippen LogP contribution is 2.63. The van der Waals surface area contributed by atoms with Crippen LogP contribution >= 0.6 is 0 Å². The minimum atomic E-state index is -0.492. The van der Waals surface area contributed by atoms with Crippen LogP contribution < -0.4 is 0 Å². The van der Waals surface area contributed by atoms with Crippen molar-refractivity contribution in [2.45, 2.75) is 64.7 Å². The van der Waals surface area contributed by atoms with Crippen LogP contribution in [0.5, 0.6) is 0 Å². The van der Waals surface area contributed by atoms with E-state index >= 15 is 0 Å². The molecule has 3 fully saturated rings. The monoisotopic (exact) mass is 288 g/mol. The van der Waals surface area contributed by atoms with Crippen molar-refractivity contribution in [1.29, 1.82) is 0 Å². The molecule has 0 saturated heterocycles. The Morgan fingerprint density at radius 1 is 1.24 bits per heavy atom. The van der Waals surface area contributed by atoms with E-state index in [4.69, 9.17) is 1.37 Å². The van der Waals surface area contributed by atoms with Crippen LogP contribution in [-0.2, 0) is 9.59 Å². The Balaban J connectivity index is 1.77. The van der Waals surface area contributed by atoms with Gasteiger partial charge < -0.3 is 4.79 Å². The van der Waals surface area contributed by atoms with Gasteiger partial charge in [0.2, 0.25) is 0 Å². The fourth-order valence-corrected chi connectivity index (χ4v) is 6.28. The Hall–Kier alpha value is -0.920. The van der Waals surface area contributed by atoms with Crippen LogP contribution in [0.1, 0.15) is 66.1 Å². The first-order valence-electron chi connectivity index (χ1n) is 9.24. The number of hydrogen-bond acceptors (Lipinski definition) is 2. The van der Waals surface area contributed by atoms with E-state index in [-0.39, 0.29) is 11.7 Å². The maximum atomic E-state index is 12.4. The van der Waals surface area contributed by atoms with E-state index in [1.54, 1.807) is 0 Å². The summed E-state index contributed by atoms with van der Waals surface area (Å²) in [6.45, 7) is 2.17. The zero-order valence-electron chi connectivity index (χ0n) is 14.0. The van der Waals surface area contributed by atoms with Crippen LogP contribution in [-0.4, -0.2) is 12.0 Å². The van der Waals surface area contributed by atoms with Crippen molar-refractivity contribution < 1.29 is 11.0 Å². The molecule has 0 N–H and O–H groups in total. The standard InChI is InChI=1S/C19H26O2/c1-18-11-9-16-14(15(18)7-8-17(18)21)6-5-13-4-2-3-10-19(13,16)12-20/h5,12,14-16H,2-4,6-11H2,1H3/t14-,15-,16-,18-,19+/m0/s1/i12T. The summed E-state index contributed by atoms with van der Waals surface area (Å²) in [5, 5.41) is 0. The van der Waals surface area contributed by atoms with Crippen molar-refractivity contribution >= 4 is 12.0 Å². The Bertz CT molecular complexity index is 566. The summed E-state index contributed by atoms with van der Waals surface area (Å²) in [4.78, 5) is 24.8. The molecule has 21 heavy (non-hydrogen) atoms. The third-order valence-corrected chi connectivity index (χ3v) is 7.44. The van der Waals surface area contributed by atoms with E-state index in [0.29, 0.717) is 23.5 Å². The zero-order chi connectivity index (χ0) is 15.5. The number of Topliss-reactive ketones (excluding diaryl/α,β-unsaturated/α-hetero) is 1. The normalized spacial score (nSPS) is 49.6. The average Bonchev–Trinajstić information content (AvgIpc) is 2.82. The van der Waals surface area contributed by atoms with Crippen molar-refractivity contribution in [2.75, 3.05) is 0 Å². The number of carbonyl (C=O) groups excluding carboxylic acids is 2. The van der Waals surface area contributed by atoms with Crippen LogP contribution in [0.2, 0.25) is 0 Å². The number of hydrogen-bond donors (Lipinski definition) is 0. The van der Waals surface area contributed by atoms with Gasteiger partial charge in [-0.3, -0.25) is 4.79 Å². The first-order valence-corrected chi connectivity index (χ1v) is 8.74. The molecule has 5 atom stereocenters. The number of rotatable bonds is 1. The molecule has 0 radical (unpaired) electrons. The maximum Gasteiger partial charge on any atom is 0.139 e. The third kappa shape index (κ3) is 1.65. The van der Waals surface area contributed by atoms with E-state index in [1.807, 2.05) is 0 Å². The van der Waals surface area contributed by atoms with Gasteiger partial charge in [-0.15, -0.1) is 0 Å². The Morgan fingerprint density at radius 3 is 2.90 bits per heavy atom. The molecule has 0 aromatic heterocycles. The van der Waals surface area contributed by atoms with Crippen molar-refractivity contribution in [3.05, 3.63) is 11.6 Å². The van der Waals surface area contributed by atoms with Crippen molar-refractivity contribution in [2.24, 2.45) is 28.6 Å². The summed E-state index contributed by atoms with van der Waals surface area (Å²) >= 11 is 0. The Kier molecular flexibility index (Phi) is 2.72. The molecular weight excluding hydrogens is 260 g/mol. The Morgan fingerprint density at radius 2 is 2.10 bits per heavy atom. The van der Waals surface area contributed by atoms with Gasteiger partial charge >= 0.3 is 0 Å². The van der Waals surface area contributed by atoms with Gasteiger partial charge in [0, 0.05) is 17.3 Å². The second-order valence-electron chi connectivity index (χ2n) is 8.04. The Labute approximate surface area is 128 Å². The molecule has 114 valence electrons. The van der Waals surface area contributed by atoms with Gasteiger partial charge in [-0.25, -0.2) is 0 Å². The predicted molar refractivity (Wildman–Crippen MR) is 81.7 cm³/mol. The first-order chi connectivity index (χ1) is 10.5. The lowest BCUT2D eigenvalue weighted by Gasteiger charge is -2.55. The summed E-state index contributed by atoms with van der Waals surface area (Å²) < 4.78 is 8.04. The van der Waals surface area contributed by atoms with Gasteiger partial charge in [0.25, 0.3) is 0 Å². The highest BCUT2D eigenvalue weighted by atomic mass is 16.1. The minimum absolute atomic E-state index is 0.145. The van der Waals surface area contributed by atoms with Crippen molar-refractivity contribution in [1.82, 2.24) is 0 Å². The molecular formula is C19H26O2. The topological polar surface area (TPSA) is 34.1 Å². The second kappa shape index (κ2) is 4.54. The lowest BCUT2D eigenvalue weighted by molar-refractivity contribution is -0.134. The van der Waals surface area contributed by atoms with Crippen LogP contribution in [0.15, 0.2) is 11.6 Å². The quantitative estimate of drug-likeness (QED) is 0.538. The smallest absolute Gasteiger partial charge is 0.139 e. The van der Waals surface area contributed by atoms with Gasteiger partial charge in [-0.2, -0.15) is 0 Å². The van der Waals surface area contributed by atoms with Gasteiger partial charge in [0.1, 0.15) is 13.4 Å². The van der Waals surface area contributed by atoms with Gasteiger partial charge in [0.15, 0.2) is 0 Å². The molecule has 2 nitrogen and oxygen atoms in total. The number of aldehydes is 1. The molecule has 4 aliphatic rings. The van der Waals surface area contributed by atoms with Crippen LogP contribution in [0.3, 0.4) is 0 Å². The molecule has 0 amide bonds. The van der Waals surface area contributed by atoms with Gasteiger partial charge in [-0.1, -0.05) is 25.0 Å². The summed E-state index contributed by atoms with van der Waals surface area (Å²) in [6.07, 6.45) is 10.7. The minimum Gasteiger partial charge on any atom is -0.302 e. The molecule has 0 heterocycles. The maximum absolute atomic E-state index is 12.4. The molecule has 0 aliphatic heterocycles. The summed E-state index contributed by atoms with van der Waals surface area (Å²) in [7, 11) is 0. The average molecular weight is 288 g/mol. The molecule has 0 bridgehead atoms. The lowest BCUT2D eigenvalue weighted by atomic mass is 9.48. The number of fused-ring (bicyclic) bond motifs is 5. The number of allylic oxidation sites excluding steroid dienone is 2. The zero-order valence-corrected chi connectivity index (χ0v) is 13.0. The van der Waals surface area contributed by atoms with Gasteiger partial charge in [0.05, 0.1) is 0 Å². The van der Waals surface area contributed by atoms with Crippen LogP contribution in [0.4, 0.5) is 0 Å². The van der Waals surface area contributed by atoms with Crippen LogP contribution in [0, 0.1) is 28.6 Å². The number of carbonyl (C=O) groups is 2. The largest absolute Gasteiger partial charge is 0.302 e. The fraction of sp³-hybridized carbons (Fsp3) is 0.789. The van der Waals surface area contributed by atoms with E-state index < -0.39 is 5.41 Å². The first kappa shape index (κ1) is 12.6. The van der Waals surface area contributed by atoms with Crippen molar-refractivity contribution in [3.8, 4) is 0 Å². The van der Waals surface area contributed by atoms with E-state index in [2.05, 4.69) is 13.0 Å². The van der Waals surface area contributed by atoms with E-state index in [9.17, 15) is 9.59 Å². The molecule has 0 spiro atoms. The molecule has 4 aliphatic carbocycles. The lowest BCUT2D eigenvalue weighted by Crippen LogP contribution is -2.51. The second-order valence-corrected chi connectivity index (χ2v) is 8.04. The third-order valence-electron chi connectivity index (χ3n) is 7.44. The molecule has 4 rings (SSSR count). The fourth-order valence-electron chi connectivity index (χ4n) is 6.28. The summed E-state index contributed by atoms with van der Waals surface area (Å²) in [6, 6.07) is 0. The predicted octanol–water partition coefficient (Wildman–Crippen LogP) is 4.09. The summed E-state index contributed by atoms with van der Waals surface area (Å²) in [5.41, 5.74) is 0.634. The SMILES string of the molecule is [3H]C(=O)[C@]12CCCCC1=CC[C@@H]1[C@@H]2CC[C@]2(C)C(=O)CC[C@@H]12. The van der Waals surface area contributed by atoms with E-state index in [1.165, 1.54) is 5.57 Å². The highest BCUT2D eigenvalue weighted by molar-refractivity contribution is 5.87. The molecule has 0 aromatic rings. The highest BCUT2D eigenvalue weighted by Gasteiger charge is 2.59. The van der Waals surface area contributed by atoms with Gasteiger partial charge in [-0.05, 0) is 62.7 Å². The number of ketones is 1. The van der Waals surface area contributed by atoms with E-state index in [0.717, 1.165) is 57.8 Å². The molecule has 0 unspecified atom stereocenters. The summed E-state index contributed by atoms with van der Waals surface area (Å²) in [5.74, 6) is 1.65. The van der Waals surface area contributed by atoms with Crippen LogP contribution in [0.25, 0.3) is 0 Å². The molecule has 2 heteroatoms.